The van der Waals surface area contributed by atoms with Crippen LogP contribution in [-0.2, 0) is 11.3 Å². The summed E-state index contributed by atoms with van der Waals surface area (Å²) in [6, 6.07) is 9.95. The minimum absolute atomic E-state index is 0.0733. The Morgan fingerprint density at radius 2 is 2.05 bits per heavy atom. The molecule has 0 aliphatic rings. The maximum atomic E-state index is 12.1. The Balaban J connectivity index is 2.05. The molecular weight excluding hydrogens is 250 g/mol. The van der Waals surface area contributed by atoms with Crippen LogP contribution in [-0.4, -0.2) is 27.6 Å². The van der Waals surface area contributed by atoms with Crippen LogP contribution >= 0.6 is 0 Å². The Kier molecular flexibility index (Phi) is 4.56. The molecular formula is C16H21N3O. The van der Waals surface area contributed by atoms with E-state index in [9.17, 15) is 4.79 Å². The van der Waals surface area contributed by atoms with E-state index in [2.05, 4.69) is 5.10 Å². The first kappa shape index (κ1) is 14.3. The molecule has 2 aromatic rings. The van der Waals surface area contributed by atoms with E-state index in [4.69, 9.17) is 0 Å². The first-order valence-electron chi connectivity index (χ1n) is 6.95. The summed E-state index contributed by atoms with van der Waals surface area (Å²) in [5.74, 6) is 0.254. The minimum atomic E-state index is 0.0733. The molecule has 0 aliphatic heterocycles. The number of hydrogen-bond donors (Lipinski definition) is 0. The van der Waals surface area contributed by atoms with Crippen molar-refractivity contribution >= 4 is 5.91 Å². The van der Waals surface area contributed by atoms with Crippen LogP contribution < -0.4 is 0 Å². The van der Waals surface area contributed by atoms with Gasteiger partial charge in [-0.25, -0.2) is 4.68 Å². The summed E-state index contributed by atoms with van der Waals surface area (Å²) in [6.45, 7) is 4.59. The van der Waals surface area contributed by atoms with Crippen LogP contribution in [0.1, 0.15) is 25.8 Å². The van der Waals surface area contributed by atoms with Gasteiger partial charge < -0.3 is 4.90 Å². The van der Waals surface area contributed by atoms with Crippen LogP contribution in [0.5, 0.6) is 0 Å². The highest BCUT2D eigenvalue weighted by molar-refractivity contribution is 5.78. The SMILES string of the molecule is CCC(C)C(=O)N(C)Cc1cnn(-c2ccccc2)c1. The number of para-hydroxylation sites is 1. The molecule has 106 valence electrons. The summed E-state index contributed by atoms with van der Waals surface area (Å²) in [6.07, 6.45) is 4.65. The number of aromatic nitrogens is 2. The van der Waals surface area contributed by atoms with Crippen LogP contribution in [0.3, 0.4) is 0 Å². The number of carbonyl (C=O) groups is 1. The van der Waals surface area contributed by atoms with Gasteiger partial charge in [0.25, 0.3) is 0 Å². The van der Waals surface area contributed by atoms with E-state index in [-0.39, 0.29) is 11.8 Å². The van der Waals surface area contributed by atoms with E-state index in [1.165, 1.54) is 0 Å². The summed E-state index contributed by atoms with van der Waals surface area (Å²) in [7, 11) is 1.84. The van der Waals surface area contributed by atoms with Gasteiger partial charge in [-0.3, -0.25) is 4.79 Å². The fourth-order valence-corrected chi connectivity index (χ4v) is 2.07. The van der Waals surface area contributed by atoms with Gasteiger partial charge in [-0.05, 0) is 18.6 Å². The van der Waals surface area contributed by atoms with Gasteiger partial charge in [-0.2, -0.15) is 5.10 Å². The molecule has 0 N–H and O–H groups in total. The fourth-order valence-electron chi connectivity index (χ4n) is 2.07. The lowest BCUT2D eigenvalue weighted by Gasteiger charge is -2.19. The molecule has 0 radical (unpaired) electrons. The lowest BCUT2D eigenvalue weighted by Crippen LogP contribution is -2.30. The molecule has 4 heteroatoms. The lowest BCUT2D eigenvalue weighted by molar-refractivity contribution is -0.134. The van der Waals surface area contributed by atoms with Gasteiger partial charge >= 0.3 is 0 Å². The topological polar surface area (TPSA) is 38.1 Å². The first-order chi connectivity index (χ1) is 9.61. The molecule has 1 aromatic carbocycles. The quantitative estimate of drug-likeness (QED) is 0.838. The van der Waals surface area contributed by atoms with E-state index in [1.807, 2.05) is 68.3 Å². The predicted octanol–water partition coefficient (Wildman–Crippen LogP) is 2.88. The van der Waals surface area contributed by atoms with Crippen LogP contribution in [0.4, 0.5) is 0 Å². The number of rotatable bonds is 5. The van der Waals surface area contributed by atoms with Gasteiger partial charge in [-0.1, -0.05) is 32.0 Å². The minimum Gasteiger partial charge on any atom is -0.341 e. The van der Waals surface area contributed by atoms with Gasteiger partial charge in [0.1, 0.15) is 0 Å². The molecule has 1 heterocycles. The lowest BCUT2D eigenvalue weighted by atomic mass is 10.1. The smallest absolute Gasteiger partial charge is 0.225 e. The highest BCUT2D eigenvalue weighted by Crippen LogP contribution is 2.11. The number of amides is 1. The molecule has 20 heavy (non-hydrogen) atoms. The zero-order valence-electron chi connectivity index (χ0n) is 12.3. The van der Waals surface area contributed by atoms with Crippen molar-refractivity contribution in [3.63, 3.8) is 0 Å². The third-order valence-electron chi connectivity index (χ3n) is 3.49. The largest absolute Gasteiger partial charge is 0.341 e. The Bertz CT molecular complexity index is 562. The van der Waals surface area contributed by atoms with Crippen LogP contribution in [0.2, 0.25) is 0 Å². The molecule has 4 nitrogen and oxygen atoms in total. The van der Waals surface area contributed by atoms with Gasteiger partial charge in [0.15, 0.2) is 0 Å². The molecule has 1 aromatic heterocycles. The zero-order valence-corrected chi connectivity index (χ0v) is 12.3. The zero-order chi connectivity index (χ0) is 14.5. The Labute approximate surface area is 120 Å². The highest BCUT2D eigenvalue weighted by atomic mass is 16.2. The van der Waals surface area contributed by atoms with Crippen LogP contribution in [0.15, 0.2) is 42.7 Å². The van der Waals surface area contributed by atoms with Gasteiger partial charge in [-0.15, -0.1) is 0 Å². The number of hydrogen-bond acceptors (Lipinski definition) is 2. The van der Waals surface area contributed by atoms with E-state index >= 15 is 0 Å². The molecule has 0 aliphatic carbocycles. The predicted molar refractivity (Wildman–Crippen MR) is 79.5 cm³/mol. The highest BCUT2D eigenvalue weighted by Gasteiger charge is 2.16. The Hall–Kier alpha value is -2.10. The average Bonchev–Trinajstić information content (AvgIpc) is 2.95. The van der Waals surface area contributed by atoms with Crippen molar-refractivity contribution in [3.8, 4) is 5.69 Å². The molecule has 0 bridgehead atoms. The second kappa shape index (κ2) is 6.37. The van der Waals surface area contributed by atoms with E-state index < -0.39 is 0 Å². The standard InChI is InChI=1S/C16H21N3O/c1-4-13(2)16(20)18(3)11-14-10-17-19(12-14)15-8-6-5-7-9-15/h5-10,12-13H,4,11H2,1-3H3. The molecule has 1 atom stereocenters. The fraction of sp³-hybridized carbons (Fsp3) is 0.375. The maximum absolute atomic E-state index is 12.1. The normalized spacial score (nSPS) is 12.2. The molecule has 2 rings (SSSR count). The molecule has 0 spiro atoms. The van der Waals surface area contributed by atoms with Crippen molar-refractivity contribution in [1.29, 1.82) is 0 Å². The van der Waals surface area contributed by atoms with E-state index in [0.29, 0.717) is 6.54 Å². The van der Waals surface area contributed by atoms with Gasteiger partial charge in [0.05, 0.1) is 11.9 Å². The van der Waals surface area contributed by atoms with Crippen LogP contribution in [0.25, 0.3) is 5.69 Å². The van der Waals surface area contributed by atoms with Crippen molar-refractivity contribution in [2.75, 3.05) is 7.05 Å². The van der Waals surface area contributed by atoms with Crippen molar-refractivity contribution in [1.82, 2.24) is 14.7 Å². The molecule has 0 fully saturated rings. The maximum Gasteiger partial charge on any atom is 0.225 e. The summed E-state index contributed by atoms with van der Waals surface area (Å²) in [4.78, 5) is 13.8. The van der Waals surface area contributed by atoms with Crippen molar-refractivity contribution in [2.45, 2.75) is 26.8 Å². The molecule has 1 amide bonds. The Morgan fingerprint density at radius 1 is 1.35 bits per heavy atom. The van der Waals surface area contributed by atoms with Gasteiger partial charge in [0.2, 0.25) is 5.91 Å². The Morgan fingerprint density at radius 3 is 2.70 bits per heavy atom. The second-order valence-corrected chi connectivity index (χ2v) is 5.13. The first-order valence-corrected chi connectivity index (χ1v) is 6.95. The molecule has 0 saturated carbocycles. The summed E-state index contributed by atoms with van der Waals surface area (Å²) in [5, 5.41) is 4.34. The average molecular weight is 271 g/mol. The number of carbonyl (C=O) groups excluding carboxylic acids is 1. The number of nitrogens with zero attached hydrogens (tertiary/aromatic N) is 3. The summed E-state index contributed by atoms with van der Waals surface area (Å²) >= 11 is 0. The summed E-state index contributed by atoms with van der Waals surface area (Å²) < 4.78 is 1.83. The van der Waals surface area contributed by atoms with E-state index in [0.717, 1.165) is 17.7 Å². The third-order valence-corrected chi connectivity index (χ3v) is 3.49. The monoisotopic (exact) mass is 271 g/mol. The number of benzene rings is 1. The van der Waals surface area contributed by atoms with Crippen molar-refractivity contribution in [2.24, 2.45) is 5.92 Å². The van der Waals surface area contributed by atoms with Crippen molar-refractivity contribution in [3.05, 3.63) is 48.3 Å². The summed E-state index contributed by atoms with van der Waals surface area (Å²) in [5.41, 5.74) is 2.06. The molecule has 1 unspecified atom stereocenters. The second-order valence-electron chi connectivity index (χ2n) is 5.13. The third kappa shape index (κ3) is 3.26. The van der Waals surface area contributed by atoms with E-state index in [1.54, 1.807) is 4.90 Å². The van der Waals surface area contributed by atoms with Crippen LogP contribution in [0, 0.1) is 5.92 Å². The van der Waals surface area contributed by atoms with Crippen molar-refractivity contribution < 1.29 is 4.79 Å². The molecule has 0 saturated heterocycles. The van der Waals surface area contributed by atoms with Gasteiger partial charge in [0, 0.05) is 31.3 Å².